The number of aromatic nitrogens is 2. The monoisotopic (exact) mass is 340 g/mol. The molecule has 2 heterocycles. The van der Waals surface area contributed by atoms with Crippen LogP contribution in [0.1, 0.15) is 29.3 Å². The first-order valence-electron chi connectivity index (χ1n) is 7.95. The van der Waals surface area contributed by atoms with Crippen LogP contribution in [-0.2, 0) is 11.3 Å². The molecule has 0 N–H and O–H groups in total. The van der Waals surface area contributed by atoms with Gasteiger partial charge in [0.05, 0.1) is 5.39 Å². The van der Waals surface area contributed by atoms with Gasteiger partial charge < -0.3 is 0 Å². The van der Waals surface area contributed by atoms with Gasteiger partial charge in [0.1, 0.15) is 16.4 Å². The van der Waals surface area contributed by atoms with Crippen LogP contribution in [0.15, 0.2) is 29.1 Å². The van der Waals surface area contributed by atoms with Crippen LogP contribution in [0.2, 0.25) is 0 Å². The molecule has 0 unspecified atom stereocenters. The van der Waals surface area contributed by atoms with E-state index in [0.29, 0.717) is 24.2 Å². The Morgan fingerprint density at radius 3 is 2.67 bits per heavy atom. The molecule has 0 aliphatic rings. The molecule has 3 rings (SSSR count). The molecule has 1 aromatic carbocycles. The van der Waals surface area contributed by atoms with Crippen LogP contribution < -0.4 is 5.56 Å². The van der Waals surface area contributed by atoms with Gasteiger partial charge in [0.15, 0.2) is 0 Å². The molecule has 3 aromatic rings. The lowest BCUT2D eigenvalue weighted by Gasteiger charge is -2.12. The molecule has 5 heteroatoms. The number of hydrogen-bond acceptors (Lipinski definition) is 4. The van der Waals surface area contributed by atoms with Crippen LogP contribution in [0.4, 0.5) is 0 Å². The van der Waals surface area contributed by atoms with E-state index in [4.69, 9.17) is 4.98 Å². The van der Waals surface area contributed by atoms with E-state index in [9.17, 15) is 9.59 Å². The second-order valence-electron chi connectivity index (χ2n) is 6.18. The quantitative estimate of drug-likeness (QED) is 0.720. The summed E-state index contributed by atoms with van der Waals surface area (Å²) in [5.41, 5.74) is 2.94. The number of thiophene rings is 1. The zero-order valence-electron chi connectivity index (χ0n) is 14.3. The van der Waals surface area contributed by atoms with Gasteiger partial charge in [-0.05, 0) is 39.3 Å². The highest BCUT2D eigenvalue weighted by molar-refractivity contribution is 7.18. The molecule has 0 amide bonds. The maximum absolute atomic E-state index is 13.1. The van der Waals surface area contributed by atoms with Crippen molar-refractivity contribution in [1.82, 2.24) is 9.55 Å². The van der Waals surface area contributed by atoms with Crippen LogP contribution >= 0.6 is 11.3 Å². The summed E-state index contributed by atoms with van der Waals surface area (Å²) in [5, 5.41) is 0.678. The number of rotatable bonds is 4. The Morgan fingerprint density at radius 2 is 2.00 bits per heavy atom. The van der Waals surface area contributed by atoms with E-state index < -0.39 is 0 Å². The Morgan fingerprint density at radius 1 is 1.25 bits per heavy atom. The molecule has 0 saturated carbocycles. The first-order chi connectivity index (χ1) is 11.4. The fraction of sp³-hybridized carbons (Fsp3) is 0.316. The molecular weight excluding hydrogens is 320 g/mol. The maximum Gasteiger partial charge on any atom is 0.262 e. The molecule has 0 radical (unpaired) electrons. The third kappa shape index (κ3) is 2.91. The molecule has 0 spiro atoms. The smallest absolute Gasteiger partial charge is 0.262 e. The number of fused-ring (bicyclic) bond motifs is 1. The van der Waals surface area contributed by atoms with Gasteiger partial charge in [-0.25, -0.2) is 4.98 Å². The largest absolute Gasteiger partial charge is 0.300 e. The van der Waals surface area contributed by atoms with E-state index in [0.717, 1.165) is 26.4 Å². The van der Waals surface area contributed by atoms with Crippen molar-refractivity contribution in [1.29, 1.82) is 0 Å². The number of nitrogens with zero attached hydrogens (tertiary/aromatic N) is 2. The highest BCUT2D eigenvalue weighted by Gasteiger charge is 2.17. The van der Waals surface area contributed by atoms with Crippen LogP contribution in [0.25, 0.3) is 21.6 Å². The van der Waals surface area contributed by atoms with Gasteiger partial charge >= 0.3 is 0 Å². The summed E-state index contributed by atoms with van der Waals surface area (Å²) >= 11 is 1.55. The van der Waals surface area contributed by atoms with Gasteiger partial charge in [-0.1, -0.05) is 23.8 Å². The fourth-order valence-electron chi connectivity index (χ4n) is 2.81. The van der Waals surface area contributed by atoms with Crippen molar-refractivity contribution >= 4 is 27.3 Å². The molecule has 124 valence electrons. The predicted molar refractivity (Wildman–Crippen MR) is 98.8 cm³/mol. The second-order valence-corrected chi connectivity index (χ2v) is 7.38. The summed E-state index contributed by atoms with van der Waals surface area (Å²) in [7, 11) is 0. The van der Waals surface area contributed by atoms with Gasteiger partial charge in [0, 0.05) is 23.4 Å². The first kappa shape index (κ1) is 16.6. The average Bonchev–Trinajstić information content (AvgIpc) is 2.81. The summed E-state index contributed by atoms with van der Waals surface area (Å²) < 4.78 is 1.65. The Labute approximate surface area is 144 Å². The molecule has 2 aromatic heterocycles. The van der Waals surface area contributed by atoms with E-state index in [1.807, 2.05) is 45.0 Å². The normalized spacial score (nSPS) is 11.2. The number of hydrogen-bond donors (Lipinski definition) is 0. The van der Waals surface area contributed by atoms with Crippen molar-refractivity contribution < 1.29 is 4.79 Å². The van der Waals surface area contributed by atoms with Crippen LogP contribution in [0, 0.1) is 20.8 Å². The SMILES string of the molecule is CC(=O)CCn1c(-c2cccc(C)c2)nc2sc(C)c(C)c2c1=O. The molecule has 0 atom stereocenters. The topological polar surface area (TPSA) is 52.0 Å². The van der Waals surface area contributed by atoms with E-state index >= 15 is 0 Å². The lowest BCUT2D eigenvalue weighted by molar-refractivity contribution is -0.117. The maximum atomic E-state index is 13.1. The van der Waals surface area contributed by atoms with Gasteiger partial charge in [-0.3, -0.25) is 14.2 Å². The van der Waals surface area contributed by atoms with Gasteiger partial charge in [0.2, 0.25) is 0 Å². The zero-order valence-corrected chi connectivity index (χ0v) is 15.2. The number of carbonyl (C=O) groups excluding carboxylic acids is 1. The molecule has 0 bridgehead atoms. The summed E-state index contributed by atoms with van der Waals surface area (Å²) in [6.07, 6.45) is 0.327. The number of aryl methyl sites for hydroxylation is 3. The second kappa shape index (κ2) is 6.32. The average molecular weight is 340 g/mol. The summed E-state index contributed by atoms with van der Waals surface area (Å²) in [6, 6.07) is 7.95. The highest BCUT2D eigenvalue weighted by atomic mass is 32.1. The molecular formula is C19H20N2O2S. The van der Waals surface area contributed by atoms with Crippen molar-refractivity contribution in [2.24, 2.45) is 0 Å². The van der Waals surface area contributed by atoms with Crippen LogP contribution in [0.5, 0.6) is 0 Å². The summed E-state index contributed by atoms with van der Waals surface area (Å²) in [6.45, 7) is 7.88. The zero-order chi connectivity index (χ0) is 17.4. The minimum atomic E-state index is -0.0559. The Hall–Kier alpha value is -2.27. The lowest BCUT2D eigenvalue weighted by atomic mass is 10.1. The summed E-state index contributed by atoms with van der Waals surface area (Å²) in [4.78, 5) is 31.2. The van der Waals surface area contributed by atoms with Crippen molar-refractivity contribution in [2.75, 3.05) is 0 Å². The van der Waals surface area contributed by atoms with Crippen LogP contribution in [-0.4, -0.2) is 15.3 Å². The molecule has 0 aliphatic carbocycles. The van der Waals surface area contributed by atoms with E-state index in [1.54, 1.807) is 22.8 Å². The Balaban J connectivity index is 2.31. The Kier molecular flexibility index (Phi) is 4.37. The molecule has 24 heavy (non-hydrogen) atoms. The highest BCUT2D eigenvalue weighted by Crippen LogP contribution is 2.29. The minimum absolute atomic E-state index is 0.0559. The van der Waals surface area contributed by atoms with Crippen molar-refractivity contribution in [3.05, 3.63) is 50.6 Å². The predicted octanol–water partition coefficient (Wildman–Crippen LogP) is 4.03. The van der Waals surface area contributed by atoms with Gasteiger partial charge in [-0.15, -0.1) is 11.3 Å². The van der Waals surface area contributed by atoms with Crippen molar-refractivity contribution in [2.45, 2.75) is 40.7 Å². The van der Waals surface area contributed by atoms with Gasteiger partial charge in [0.25, 0.3) is 5.56 Å². The number of carbonyl (C=O) groups is 1. The molecule has 0 fully saturated rings. The van der Waals surface area contributed by atoms with E-state index in [2.05, 4.69) is 0 Å². The van der Waals surface area contributed by atoms with Crippen LogP contribution in [0.3, 0.4) is 0 Å². The number of benzene rings is 1. The van der Waals surface area contributed by atoms with E-state index in [-0.39, 0.29) is 11.3 Å². The molecule has 4 nitrogen and oxygen atoms in total. The Bertz CT molecular complexity index is 999. The molecule has 0 aliphatic heterocycles. The van der Waals surface area contributed by atoms with Crippen molar-refractivity contribution in [3.63, 3.8) is 0 Å². The fourth-order valence-corrected chi connectivity index (χ4v) is 3.83. The van der Waals surface area contributed by atoms with Gasteiger partial charge in [-0.2, -0.15) is 0 Å². The third-order valence-corrected chi connectivity index (χ3v) is 5.35. The van der Waals surface area contributed by atoms with E-state index in [1.165, 1.54) is 0 Å². The lowest BCUT2D eigenvalue weighted by Crippen LogP contribution is -2.24. The summed E-state index contributed by atoms with van der Waals surface area (Å²) in [5.74, 6) is 0.703. The molecule has 0 saturated heterocycles. The van der Waals surface area contributed by atoms with Crippen molar-refractivity contribution in [3.8, 4) is 11.4 Å². The number of Topliss-reactive ketones (excluding diaryl/α,β-unsaturated/α-hetero) is 1. The third-order valence-electron chi connectivity index (χ3n) is 4.25. The standard InChI is InChI=1S/C19H20N2O2S/c1-11-6-5-7-15(10-11)17-20-18-16(13(3)14(4)24-18)19(23)21(17)9-8-12(2)22/h5-7,10H,8-9H2,1-4H3. The number of ketones is 1. The minimum Gasteiger partial charge on any atom is -0.300 e. The first-order valence-corrected chi connectivity index (χ1v) is 8.77.